The van der Waals surface area contributed by atoms with Gasteiger partial charge in [0.25, 0.3) is 0 Å². The molecule has 1 saturated heterocycles. The van der Waals surface area contributed by atoms with Crippen LogP contribution in [0.4, 0.5) is 0 Å². The van der Waals surface area contributed by atoms with Gasteiger partial charge in [0.15, 0.2) is 0 Å². The fourth-order valence-electron chi connectivity index (χ4n) is 1.80. The van der Waals surface area contributed by atoms with E-state index in [4.69, 9.17) is 5.11 Å². The van der Waals surface area contributed by atoms with Crippen molar-refractivity contribution in [3.63, 3.8) is 0 Å². The van der Waals surface area contributed by atoms with Crippen LogP contribution in [0.1, 0.15) is 19.8 Å². The van der Waals surface area contributed by atoms with Gasteiger partial charge in [-0.05, 0) is 25.4 Å². The van der Waals surface area contributed by atoms with Gasteiger partial charge < -0.3 is 10.0 Å². The Morgan fingerprint density at radius 3 is 2.93 bits per heavy atom. The van der Waals surface area contributed by atoms with Crippen molar-refractivity contribution in [1.29, 1.82) is 0 Å². The standard InChI is InChI=1S/C10H19NO2S/c1-8(3-4-14-2)11-6-9(7-12)5-10(11)13/h8-9,12H,3-7H2,1-2H3. The van der Waals surface area contributed by atoms with Crippen LogP contribution in [0.5, 0.6) is 0 Å². The number of rotatable bonds is 5. The molecule has 14 heavy (non-hydrogen) atoms. The van der Waals surface area contributed by atoms with Gasteiger partial charge in [-0.1, -0.05) is 0 Å². The second-order valence-corrected chi connectivity index (χ2v) is 4.91. The lowest BCUT2D eigenvalue weighted by atomic mass is 10.1. The minimum Gasteiger partial charge on any atom is -0.396 e. The molecule has 0 spiro atoms. The summed E-state index contributed by atoms with van der Waals surface area (Å²) in [5, 5.41) is 8.98. The molecule has 2 atom stereocenters. The first-order chi connectivity index (χ1) is 6.69. The Hall–Kier alpha value is -0.220. The first-order valence-electron chi connectivity index (χ1n) is 5.08. The minimum absolute atomic E-state index is 0.136. The Balaban J connectivity index is 2.40. The second kappa shape index (κ2) is 5.61. The van der Waals surface area contributed by atoms with Gasteiger partial charge in [-0.2, -0.15) is 11.8 Å². The van der Waals surface area contributed by atoms with E-state index in [-0.39, 0.29) is 18.4 Å². The summed E-state index contributed by atoms with van der Waals surface area (Å²) in [6.45, 7) is 2.97. The monoisotopic (exact) mass is 217 g/mol. The maximum atomic E-state index is 11.6. The van der Waals surface area contributed by atoms with Crippen molar-refractivity contribution in [2.75, 3.05) is 25.2 Å². The Morgan fingerprint density at radius 2 is 2.43 bits per heavy atom. The lowest BCUT2D eigenvalue weighted by Gasteiger charge is -2.24. The number of hydrogen-bond donors (Lipinski definition) is 1. The van der Waals surface area contributed by atoms with Crippen LogP contribution in [0.3, 0.4) is 0 Å². The fraction of sp³-hybridized carbons (Fsp3) is 0.900. The van der Waals surface area contributed by atoms with Crippen LogP contribution in [0, 0.1) is 5.92 Å². The van der Waals surface area contributed by atoms with Crippen molar-refractivity contribution in [1.82, 2.24) is 4.90 Å². The van der Waals surface area contributed by atoms with Crippen LogP contribution in [-0.2, 0) is 4.79 Å². The highest BCUT2D eigenvalue weighted by Gasteiger charge is 2.31. The largest absolute Gasteiger partial charge is 0.396 e. The maximum absolute atomic E-state index is 11.6. The highest BCUT2D eigenvalue weighted by Crippen LogP contribution is 2.21. The zero-order valence-corrected chi connectivity index (χ0v) is 9.72. The lowest BCUT2D eigenvalue weighted by Crippen LogP contribution is -2.35. The molecule has 1 amide bonds. The average Bonchev–Trinajstić information content (AvgIpc) is 2.56. The number of nitrogens with zero attached hydrogens (tertiary/aromatic N) is 1. The third-order valence-corrected chi connectivity index (χ3v) is 3.41. The van der Waals surface area contributed by atoms with E-state index in [2.05, 4.69) is 13.2 Å². The highest BCUT2D eigenvalue weighted by molar-refractivity contribution is 7.98. The molecule has 1 heterocycles. The molecule has 0 bridgehead atoms. The molecule has 1 aliphatic rings. The Morgan fingerprint density at radius 1 is 1.71 bits per heavy atom. The molecule has 1 fully saturated rings. The summed E-state index contributed by atoms with van der Waals surface area (Å²) in [6, 6.07) is 0.325. The van der Waals surface area contributed by atoms with Gasteiger partial charge in [0.2, 0.25) is 5.91 Å². The van der Waals surface area contributed by atoms with E-state index in [9.17, 15) is 4.79 Å². The minimum atomic E-state index is 0.136. The smallest absolute Gasteiger partial charge is 0.223 e. The Bertz CT molecular complexity index is 199. The van der Waals surface area contributed by atoms with E-state index in [0.29, 0.717) is 12.5 Å². The number of thioether (sulfide) groups is 1. The Labute approximate surface area is 89.9 Å². The second-order valence-electron chi connectivity index (χ2n) is 3.93. The summed E-state index contributed by atoms with van der Waals surface area (Å²) < 4.78 is 0. The first-order valence-corrected chi connectivity index (χ1v) is 6.47. The van der Waals surface area contributed by atoms with E-state index in [0.717, 1.165) is 18.7 Å². The van der Waals surface area contributed by atoms with Crippen molar-refractivity contribution < 1.29 is 9.90 Å². The van der Waals surface area contributed by atoms with Crippen molar-refractivity contribution in [2.24, 2.45) is 5.92 Å². The summed E-state index contributed by atoms with van der Waals surface area (Å²) in [4.78, 5) is 13.5. The summed E-state index contributed by atoms with van der Waals surface area (Å²) in [7, 11) is 0. The van der Waals surface area contributed by atoms with Crippen molar-refractivity contribution in [3.05, 3.63) is 0 Å². The number of carbonyl (C=O) groups is 1. The van der Waals surface area contributed by atoms with Crippen LogP contribution < -0.4 is 0 Å². The maximum Gasteiger partial charge on any atom is 0.223 e. The quantitative estimate of drug-likeness (QED) is 0.746. The number of carbonyl (C=O) groups excluding carboxylic acids is 1. The van der Waals surface area contributed by atoms with E-state index < -0.39 is 0 Å². The zero-order valence-electron chi connectivity index (χ0n) is 8.90. The van der Waals surface area contributed by atoms with Crippen molar-refractivity contribution >= 4 is 17.7 Å². The van der Waals surface area contributed by atoms with Gasteiger partial charge in [0, 0.05) is 31.5 Å². The highest BCUT2D eigenvalue weighted by atomic mass is 32.2. The van der Waals surface area contributed by atoms with E-state index in [1.807, 2.05) is 16.7 Å². The predicted octanol–water partition coefficient (Wildman–Crippen LogP) is 0.969. The molecule has 1 N–H and O–H groups in total. The van der Waals surface area contributed by atoms with Crippen LogP contribution in [0.25, 0.3) is 0 Å². The van der Waals surface area contributed by atoms with E-state index >= 15 is 0 Å². The van der Waals surface area contributed by atoms with Gasteiger partial charge in [0.05, 0.1) is 0 Å². The molecule has 0 aromatic rings. The SMILES string of the molecule is CSCCC(C)N1CC(CO)CC1=O. The summed E-state index contributed by atoms with van der Waals surface area (Å²) in [5.74, 6) is 1.46. The normalized spacial score (nSPS) is 24.4. The predicted molar refractivity (Wildman–Crippen MR) is 59.4 cm³/mol. The van der Waals surface area contributed by atoms with Crippen molar-refractivity contribution in [2.45, 2.75) is 25.8 Å². The molecule has 1 aliphatic heterocycles. The number of aliphatic hydroxyl groups is 1. The van der Waals surface area contributed by atoms with Crippen LogP contribution in [-0.4, -0.2) is 47.1 Å². The van der Waals surface area contributed by atoms with Gasteiger partial charge in [0.1, 0.15) is 0 Å². The molecule has 0 saturated carbocycles. The molecule has 0 aliphatic carbocycles. The van der Waals surface area contributed by atoms with Gasteiger partial charge >= 0.3 is 0 Å². The molecule has 0 aromatic carbocycles. The third-order valence-electron chi connectivity index (χ3n) is 2.77. The molecule has 0 radical (unpaired) electrons. The van der Waals surface area contributed by atoms with Crippen LogP contribution >= 0.6 is 11.8 Å². The van der Waals surface area contributed by atoms with Gasteiger partial charge in [-0.3, -0.25) is 4.79 Å². The first kappa shape index (κ1) is 11.9. The fourth-order valence-corrected chi connectivity index (χ4v) is 2.38. The van der Waals surface area contributed by atoms with Gasteiger partial charge in [-0.25, -0.2) is 0 Å². The number of hydrogen-bond acceptors (Lipinski definition) is 3. The molecule has 3 nitrogen and oxygen atoms in total. The third kappa shape index (κ3) is 2.89. The zero-order chi connectivity index (χ0) is 10.6. The average molecular weight is 217 g/mol. The topological polar surface area (TPSA) is 40.5 Å². The summed E-state index contributed by atoms with van der Waals surface area (Å²) in [6.07, 6.45) is 3.65. The van der Waals surface area contributed by atoms with Crippen LogP contribution in [0.15, 0.2) is 0 Å². The molecule has 4 heteroatoms. The Kier molecular flexibility index (Phi) is 4.75. The number of likely N-dealkylation sites (tertiary alicyclic amines) is 1. The lowest BCUT2D eigenvalue weighted by molar-refractivity contribution is -0.129. The van der Waals surface area contributed by atoms with E-state index in [1.54, 1.807) is 0 Å². The molecular formula is C10H19NO2S. The van der Waals surface area contributed by atoms with Gasteiger partial charge in [-0.15, -0.1) is 0 Å². The number of amides is 1. The number of aliphatic hydroxyl groups excluding tert-OH is 1. The van der Waals surface area contributed by atoms with Crippen LogP contribution in [0.2, 0.25) is 0 Å². The van der Waals surface area contributed by atoms with E-state index in [1.165, 1.54) is 0 Å². The molecule has 1 rings (SSSR count). The summed E-state index contributed by atoms with van der Waals surface area (Å²) >= 11 is 1.81. The van der Waals surface area contributed by atoms with Crippen molar-refractivity contribution in [3.8, 4) is 0 Å². The summed E-state index contributed by atoms with van der Waals surface area (Å²) in [5.41, 5.74) is 0. The molecule has 0 aromatic heterocycles. The molecule has 82 valence electrons. The molecule has 2 unspecified atom stereocenters. The molecular weight excluding hydrogens is 198 g/mol.